The highest BCUT2D eigenvalue weighted by Crippen LogP contribution is 2.31. The second kappa shape index (κ2) is 12.3. The minimum absolute atomic E-state index is 0.158. The molecule has 1 heterocycles. The van der Waals surface area contributed by atoms with Gasteiger partial charge in [0.05, 0.1) is 30.0 Å². The zero-order valence-electron chi connectivity index (χ0n) is 19.1. The van der Waals surface area contributed by atoms with Gasteiger partial charge in [0.2, 0.25) is 0 Å². The van der Waals surface area contributed by atoms with Gasteiger partial charge in [0.15, 0.2) is 0 Å². The van der Waals surface area contributed by atoms with Crippen LogP contribution in [0.25, 0.3) is 0 Å². The van der Waals surface area contributed by atoms with Crippen LogP contribution in [0, 0.1) is 12.3 Å². The van der Waals surface area contributed by atoms with Crippen molar-refractivity contribution in [1.82, 2.24) is 0 Å². The second-order valence-electron chi connectivity index (χ2n) is 7.73. The van der Waals surface area contributed by atoms with Gasteiger partial charge in [-0.2, -0.15) is 0 Å². The molecular formula is C26H29NO6. The Labute approximate surface area is 194 Å². The highest BCUT2D eigenvalue weighted by Gasteiger charge is 2.37. The third-order valence-electron chi connectivity index (χ3n) is 5.13. The van der Waals surface area contributed by atoms with Crippen molar-refractivity contribution in [2.24, 2.45) is 0 Å². The van der Waals surface area contributed by atoms with Crippen molar-refractivity contribution in [1.29, 1.82) is 0 Å². The van der Waals surface area contributed by atoms with Gasteiger partial charge in [0.25, 0.3) is 11.8 Å². The molecule has 0 N–H and O–H groups in total. The molecule has 0 radical (unpaired) electrons. The molecule has 174 valence electrons. The fourth-order valence-corrected chi connectivity index (χ4v) is 3.35. The summed E-state index contributed by atoms with van der Waals surface area (Å²) in [6.45, 7) is 5.44. The van der Waals surface area contributed by atoms with Crippen LogP contribution in [0.2, 0.25) is 0 Å². The summed E-state index contributed by atoms with van der Waals surface area (Å²) < 4.78 is 0. The van der Waals surface area contributed by atoms with Crippen molar-refractivity contribution in [2.75, 3.05) is 18.1 Å². The Morgan fingerprint density at radius 1 is 0.788 bits per heavy atom. The molecule has 0 unspecified atom stereocenters. The maximum absolute atomic E-state index is 13.1. The fourth-order valence-electron chi connectivity index (χ4n) is 3.35. The molecular weight excluding hydrogens is 422 g/mol. The Morgan fingerprint density at radius 2 is 1.36 bits per heavy atom. The highest BCUT2D eigenvalue weighted by atomic mass is 17.2. The summed E-state index contributed by atoms with van der Waals surface area (Å²) in [6.07, 6.45) is 9.23. The summed E-state index contributed by atoms with van der Waals surface area (Å²) >= 11 is 0. The lowest BCUT2D eigenvalue weighted by Gasteiger charge is -2.17. The Hall–Kier alpha value is -3.02. The summed E-state index contributed by atoms with van der Waals surface area (Å²) in [4.78, 5) is 48.3. The predicted molar refractivity (Wildman–Crippen MR) is 123 cm³/mol. The van der Waals surface area contributed by atoms with E-state index in [2.05, 4.69) is 19.8 Å². The van der Waals surface area contributed by atoms with Gasteiger partial charge >= 0.3 is 0 Å². The molecule has 0 aromatic heterocycles. The number of fused-ring (bicyclic) bond motifs is 1. The van der Waals surface area contributed by atoms with Gasteiger partial charge in [0.1, 0.15) is 13.2 Å². The molecule has 33 heavy (non-hydrogen) atoms. The first-order valence-electron chi connectivity index (χ1n) is 11.2. The Morgan fingerprint density at radius 3 is 1.91 bits per heavy atom. The zero-order chi connectivity index (χ0) is 23.6. The van der Waals surface area contributed by atoms with Crippen LogP contribution in [0.1, 0.15) is 76.9 Å². The topological polar surface area (TPSA) is 74.3 Å². The second-order valence-corrected chi connectivity index (χ2v) is 7.73. The Kier molecular flexibility index (Phi) is 9.16. The first-order chi connectivity index (χ1) is 16.1. The smallest absolute Gasteiger partial charge is 0.266 e. The van der Waals surface area contributed by atoms with Crippen LogP contribution in [0.3, 0.4) is 0 Å². The van der Waals surface area contributed by atoms with Crippen molar-refractivity contribution >= 4 is 17.5 Å². The number of carbonyl (C=O) groups excluding carboxylic acids is 2. The Balaban J connectivity index is 1.82. The number of benzene rings is 2. The van der Waals surface area contributed by atoms with Crippen LogP contribution in [0.15, 0.2) is 36.4 Å². The summed E-state index contributed by atoms with van der Waals surface area (Å²) in [5.41, 5.74) is 3.05. The largest absolute Gasteiger partial charge is 0.268 e. The molecule has 0 saturated carbocycles. The molecule has 7 nitrogen and oxygen atoms in total. The van der Waals surface area contributed by atoms with Gasteiger partial charge < -0.3 is 0 Å². The standard InChI is InChI=1S/C26H29NO6/c1-4-7-11-30-32-17-20-13-21(18-33-31-12-8-5-2)15-22(14-20)27-25(28)23-10-9-19(6-3)16-24(23)26(27)29/h3,9-10,13-16H,4-5,7-8,11-12,17-18H2,1-2H3. The molecule has 0 bridgehead atoms. The average Bonchev–Trinajstić information content (AvgIpc) is 3.08. The summed E-state index contributed by atoms with van der Waals surface area (Å²) in [5.74, 6) is 1.68. The van der Waals surface area contributed by atoms with E-state index < -0.39 is 11.8 Å². The lowest BCUT2D eigenvalue weighted by molar-refractivity contribution is -0.305. The Bertz CT molecular complexity index is 994. The summed E-state index contributed by atoms with van der Waals surface area (Å²) in [6, 6.07) is 10.1. The fraction of sp³-hybridized carbons (Fsp3) is 0.385. The normalized spacial score (nSPS) is 12.8. The average molecular weight is 452 g/mol. The number of carbonyl (C=O) groups is 2. The molecule has 1 aliphatic rings. The first-order valence-corrected chi connectivity index (χ1v) is 11.2. The minimum atomic E-state index is -0.421. The number of hydrogen-bond acceptors (Lipinski definition) is 6. The van der Waals surface area contributed by atoms with Crippen LogP contribution in [-0.4, -0.2) is 25.0 Å². The first kappa shape index (κ1) is 24.6. The SMILES string of the molecule is C#Cc1ccc2c(c1)C(=O)N(c1cc(COOCCCC)cc(COOCCCC)c1)C2=O. The number of anilines is 1. The molecule has 2 aromatic rings. The number of rotatable bonds is 13. The number of nitrogens with zero attached hydrogens (tertiary/aromatic N) is 1. The van der Waals surface area contributed by atoms with Gasteiger partial charge in [-0.05, 0) is 54.3 Å². The number of unbranched alkanes of at least 4 members (excludes halogenated alkanes) is 2. The van der Waals surface area contributed by atoms with E-state index in [4.69, 9.17) is 26.0 Å². The van der Waals surface area contributed by atoms with Crippen molar-refractivity contribution < 1.29 is 29.1 Å². The number of hydrogen-bond donors (Lipinski definition) is 0. The molecule has 3 rings (SSSR count). The van der Waals surface area contributed by atoms with E-state index in [9.17, 15) is 9.59 Å². The monoisotopic (exact) mass is 451 g/mol. The summed E-state index contributed by atoms with van der Waals surface area (Å²) in [5, 5.41) is 0. The predicted octanol–water partition coefficient (Wildman–Crippen LogP) is 4.97. The maximum atomic E-state index is 13.1. The molecule has 1 aliphatic heterocycles. The van der Waals surface area contributed by atoms with Crippen molar-refractivity contribution in [3.8, 4) is 12.3 Å². The van der Waals surface area contributed by atoms with E-state index >= 15 is 0 Å². The highest BCUT2D eigenvalue weighted by molar-refractivity contribution is 6.34. The molecule has 0 aliphatic carbocycles. The van der Waals surface area contributed by atoms with Gasteiger partial charge in [0, 0.05) is 5.56 Å². The van der Waals surface area contributed by atoms with E-state index in [1.54, 1.807) is 30.3 Å². The maximum Gasteiger partial charge on any atom is 0.266 e. The molecule has 2 amide bonds. The van der Waals surface area contributed by atoms with Crippen molar-refractivity contribution in [2.45, 2.75) is 52.7 Å². The quantitative estimate of drug-likeness (QED) is 0.141. The molecule has 0 atom stereocenters. The third-order valence-corrected chi connectivity index (χ3v) is 5.13. The van der Waals surface area contributed by atoms with E-state index in [1.807, 2.05) is 6.07 Å². The summed E-state index contributed by atoms with van der Waals surface area (Å²) in [7, 11) is 0. The van der Waals surface area contributed by atoms with Crippen LogP contribution in [-0.2, 0) is 32.8 Å². The molecule has 0 fully saturated rings. The van der Waals surface area contributed by atoms with Gasteiger partial charge in [-0.3, -0.25) is 9.59 Å². The molecule has 7 heteroatoms. The lowest BCUT2D eigenvalue weighted by Crippen LogP contribution is -2.29. The lowest BCUT2D eigenvalue weighted by atomic mass is 10.1. The third kappa shape index (κ3) is 6.28. The van der Waals surface area contributed by atoms with Crippen LogP contribution in [0.4, 0.5) is 5.69 Å². The van der Waals surface area contributed by atoms with E-state index in [0.29, 0.717) is 35.6 Å². The number of imide groups is 1. The zero-order valence-corrected chi connectivity index (χ0v) is 19.1. The van der Waals surface area contributed by atoms with Crippen LogP contribution >= 0.6 is 0 Å². The molecule has 0 spiro atoms. The van der Waals surface area contributed by atoms with Gasteiger partial charge in [-0.1, -0.05) is 38.7 Å². The molecule has 2 aromatic carbocycles. The van der Waals surface area contributed by atoms with Crippen molar-refractivity contribution in [3.63, 3.8) is 0 Å². The molecule has 0 saturated heterocycles. The number of terminal acetylenes is 1. The van der Waals surface area contributed by atoms with Crippen LogP contribution < -0.4 is 4.90 Å². The van der Waals surface area contributed by atoms with E-state index in [0.717, 1.165) is 41.7 Å². The van der Waals surface area contributed by atoms with Crippen molar-refractivity contribution in [3.05, 3.63) is 64.2 Å². The van der Waals surface area contributed by atoms with Crippen LogP contribution in [0.5, 0.6) is 0 Å². The minimum Gasteiger partial charge on any atom is -0.268 e. The van der Waals surface area contributed by atoms with Gasteiger partial charge in [-0.25, -0.2) is 24.5 Å². The van der Waals surface area contributed by atoms with E-state index in [1.165, 1.54) is 0 Å². The van der Waals surface area contributed by atoms with E-state index in [-0.39, 0.29) is 13.2 Å². The number of amides is 2. The van der Waals surface area contributed by atoms with Gasteiger partial charge in [-0.15, -0.1) is 6.42 Å².